The standard InChI is InChI=1S/C13H19BrN4S/c1-3-9-13(14)11(18(4-2)17-9)8-10(16-15)12-6-5-7-19-12/h5-7,10,16H,3-4,8,15H2,1-2H3. The summed E-state index contributed by atoms with van der Waals surface area (Å²) in [6.07, 6.45) is 1.76. The van der Waals surface area contributed by atoms with E-state index in [0.717, 1.165) is 29.6 Å². The summed E-state index contributed by atoms with van der Waals surface area (Å²) in [5.41, 5.74) is 5.22. The van der Waals surface area contributed by atoms with E-state index in [1.807, 2.05) is 6.07 Å². The second kappa shape index (κ2) is 6.65. The fourth-order valence-corrected chi connectivity index (χ4v) is 3.65. The zero-order valence-electron chi connectivity index (χ0n) is 11.2. The van der Waals surface area contributed by atoms with Gasteiger partial charge in [0.15, 0.2) is 0 Å². The number of hydrogen-bond acceptors (Lipinski definition) is 4. The number of thiophene rings is 1. The van der Waals surface area contributed by atoms with E-state index >= 15 is 0 Å². The molecule has 0 aliphatic carbocycles. The maximum Gasteiger partial charge on any atom is 0.0766 e. The molecule has 0 saturated carbocycles. The van der Waals surface area contributed by atoms with Crippen LogP contribution in [0.4, 0.5) is 0 Å². The van der Waals surface area contributed by atoms with Crippen molar-refractivity contribution in [2.75, 3.05) is 0 Å². The smallest absolute Gasteiger partial charge is 0.0766 e. The Morgan fingerprint density at radius 2 is 2.32 bits per heavy atom. The number of hydrazine groups is 1. The molecule has 1 atom stereocenters. The fraction of sp³-hybridized carbons (Fsp3) is 0.462. The summed E-state index contributed by atoms with van der Waals surface area (Å²) in [5, 5.41) is 6.69. The van der Waals surface area contributed by atoms with Gasteiger partial charge in [-0.3, -0.25) is 16.0 Å². The summed E-state index contributed by atoms with van der Waals surface area (Å²) in [5.74, 6) is 5.70. The van der Waals surface area contributed by atoms with Gasteiger partial charge in [-0.1, -0.05) is 13.0 Å². The van der Waals surface area contributed by atoms with Crippen molar-refractivity contribution >= 4 is 27.3 Å². The van der Waals surface area contributed by atoms with Crippen LogP contribution in [0.15, 0.2) is 22.0 Å². The van der Waals surface area contributed by atoms with Crippen molar-refractivity contribution in [2.24, 2.45) is 5.84 Å². The van der Waals surface area contributed by atoms with Gasteiger partial charge >= 0.3 is 0 Å². The predicted octanol–water partition coefficient (Wildman–Crippen LogP) is 3.04. The van der Waals surface area contributed by atoms with Gasteiger partial charge < -0.3 is 0 Å². The molecule has 0 radical (unpaired) electrons. The minimum absolute atomic E-state index is 0.128. The van der Waals surface area contributed by atoms with Crippen molar-refractivity contribution in [1.29, 1.82) is 0 Å². The van der Waals surface area contributed by atoms with Crippen LogP contribution < -0.4 is 11.3 Å². The molecule has 3 N–H and O–H groups in total. The molecule has 2 aromatic rings. The Balaban J connectivity index is 2.29. The highest BCUT2D eigenvalue weighted by Crippen LogP contribution is 2.28. The summed E-state index contributed by atoms with van der Waals surface area (Å²) in [4.78, 5) is 1.25. The van der Waals surface area contributed by atoms with Gasteiger partial charge in [0.05, 0.1) is 21.9 Å². The molecule has 0 spiro atoms. The number of halogens is 1. The Hall–Kier alpha value is -0.690. The van der Waals surface area contributed by atoms with Crippen LogP contribution in [-0.2, 0) is 19.4 Å². The summed E-state index contributed by atoms with van der Waals surface area (Å²) < 4.78 is 3.18. The van der Waals surface area contributed by atoms with Crippen LogP contribution in [0.1, 0.15) is 36.2 Å². The van der Waals surface area contributed by atoms with Gasteiger partial charge in [-0.25, -0.2) is 0 Å². The van der Waals surface area contributed by atoms with Gasteiger partial charge in [0, 0.05) is 17.8 Å². The van der Waals surface area contributed by atoms with E-state index in [1.54, 1.807) is 11.3 Å². The van der Waals surface area contributed by atoms with Crippen LogP contribution in [0, 0.1) is 0 Å². The number of nitrogens with one attached hydrogen (secondary N) is 1. The van der Waals surface area contributed by atoms with Gasteiger partial charge in [0.25, 0.3) is 0 Å². The molecule has 0 saturated heterocycles. The van der Waals surface area contributed by atoms with E-state index in [2.05, 4.69) is 56.4 Å². The van der Waals surface area contributed by atoms with Gasteiger partial charge in [-0.2, -0.15) is 5.10 Å². The predicted molar refractivity (Wildman–Crippen MR) is 83.1 cm³/mol. The Bertz CT molecular complexity index is 521. The summed E-state index contributed by atoms with van der Waals surface area (Å²) in [6, 6.07) is 4.28. The zero-order valence-corrected chi connectivity index (χ0v) is 13.6. The first-order valence-corrected chi connectivity index (χ1v) is 8.12. The highest BCUT2D eigenvalue weighted by Gasteiger charge is 2.19. The van der Waals surface area contributed by atoms with Crippen LogP contribution in [0.5, 0.6) is 0 Å². The van der Waals surface area contributed by atoms with E-state index in [-0.39, 0.29) is 6.04 Å². The molecule has 6 heteroatoms. The van der Waals surface area contributed by atoms with Crippen LogP contribution >= 0.6 is 27.3 Å². The Labute approximate surface area is 126 Å². The van der Waals surface area contributed by atoms with Crippen molar-refractivity contribution in [3.05, 3.63) is 38.3 Å². The van der Waals surface area contributed by atoms with Crippen LogP contribution in [-0.4, -0.2) is 9.78 Å². The highest BCUT2D eigenvalue weighted by atomic mass is 79.9. The topological polar surface area (TPSA) is 55.9 Å². The molecular weight excluding hydrogens is 324 g/mol. The SMILES string of the molecule is CCc1nn(CC)c(CC(NN)c2cccs2)c1Br. The maximum absolute atomic E-state index is 5.70. The molecular formula is C13H19BrN4S. The molecule has 4 nitrogen and oxygen atoms in total. The van der Waals surface area contributed by atoms with Crippen molar-refractivity contribution in [3.8, 4) is 0 Å². The molecule has 1 unspecified atom stereocenters. The molecule has 0 bridgehead atoms. The molecule has 2 rings (SSSR count). The summed E-state index contributed by atoms with van der Waals surface area (Å²) >= 11 is 5.39. The molecule has 104 valence electrons. The Morgan fingerprint density at radius 3 is 2.84 bits per heavy atom. The van der Waals surface area contributed by atoms with Crippen molar-refractivity contribution < 1.29 is 0 Å². The normalized spacial score (nSPS) is 12.8. The first kappa shape index (κ1) is 14.7. The van der Waals surface area contributed by atoms with Crippen LogP contribution in [0.2, 0.25) is 0 Å². The first-order chi connectivity index (χ1) is 9.21. The third-order valence-corrected chi connectivity index (χ3v) is 5.08. The Morgan fingerprint density at radius 1 is 1.53 bits per heavy atom. The van der Waals surface area contributed by atoms with Gasteiger partial charge in [0.2, 0.25) is 0 Å². The Kier molecular flexibility index (Phi) is 5.15. The maximum atomic E-state index is 5.70. The summed E-state index contributed by atoms with van der Waals surface area (Å²) in [7, 11) is 0. The number of hydrogen-bond donors (Lipinski definition) is 2. The van der Waals surface area contributed by atoms with Gasteiger partial charge in [0.1, 0.15) is 0 Å². The van der Waals surface area contributed by atoms with Crippen molar-refractivity contribution in [1.82, 2.24) is 15.2 Å². The molecule has 0 aliphatic rings. The number of aromatic nitrogens is 2. The monoisotopic (exact) mass is 342 g/mol. The quantitative estimate of drug-likeness (QED) is 0.626. The highest BCUT2D eigenvalue weighted by molar-refractivity contribution is 9.10. The van der Waals surface area contributed by atoms with E-state index in [0.29, 0.717) is 0 Å². The molecule has 2 aromatic heterocycles. The zero-order chi connectivity index (χ0) is 13.8. The van der Waals surface area contributed by atoms with Gasteiger partial charge in [-0.05, 0) is 40.7 Å². The molecule has 19 heavy (non-hydrogen) atoms. The second-order valence-corrected chi connectivity index (χ2v) is 6.09. The van der Waals surface area contributed by atoms with Crippen molar-refractivity contribution in [2.45, 2.75) is 39.3 Å². The summed E-state index contributed by atoms with van der Waals surface area (Å²) in [6.45, 7) is 5.10. The van der Waals surface area contributed by atoms with E-state index < -0.39 is 0 Å². The average molecular weight is 343 g/mol. The molecule has 0 aliphatic heterocycles. The lowest BCUT2D eigenvalue weighted by Crippen LogP contribution is -2.29. The largest absolute Gasteiger partial charge is 0.271 e. The van der Waals surface area contributed by atoms with Crippen LogP contribution in [0.25, 0.3) is 0 Å². The number of nitrogens with zero attached hydrogens (tertiary/aromatic N) is 2. The lowest BCUT2D eigenvalue weighted by molar-refractivity contribution is 0.521. The number of aryl methyl sites for hydroxylation is 2. The minimum atomic E-state index is 0.128. The van der Waals surface area contributed by atoms with Crippen LogP contribution in [0.3, 0.4) is 0 Å². The molecule has 2 heterocycles. The van der Waals surface area contributed by atoms with E-state index in [1.165, 1.54) is 10.6 Å². The lowest BCUT2D eigenvalue weighted by atomic mass is 10.1. The minimum Gasteiger partial charge on any atom is -0.271 e. The van der Waals surface area contributed by atoms with E-state index in [4.69, 9.17) is 5.84 Å². The first-order valence-electron chi connectivity index (χ1n) is 6.44. The third kappa shape index (κ3) is 3.08. The van der Waals surface area contributed by atoms with E-state index in [9.17, 15) is 0 Å². The lowest BCUT2D eigenvalue weighted by Gasteiger charge is -2.15. The third-order valence-electron chi connectivity index (χ3n) is 3.18. The van der Waals surface area contributed by atoms with Gasteiger partial charge in [-0.15, -0.1) is 11.3 Å². The molecule has 0 fully saturated rings. The average Bonchev–Trinajstić information content (AvgIpc) is 3.04. The molecule has 0 aromatic carbocycles. The fourth-order valence-electron chi connectivity index (χ4n) is 2.14. The molecule has 0 amide bonds. The number of nitrogens with two attached hydrogens (primary N) is 1. The second-order valence-electron chi connectivity index (χ2n) is 4.32. The van der Waals surface area contributed by atoms with Crippen molar-refractivity contribution in [3.63, 3.8) is 0 Å². The number of rotatable bonds is 6.